The van der Waals surface area contributed by atoms with E-state index in [2.05, 4.69) is 244 Å². The zero-order chi connectivity index (χ0) is 73.3. The van der Waals surface area contributed by atoms with Crippen LogP contribution in [-0.2, 0) is 60.7 Å². The van der Waals surface area contributed by atoms with E-state index in [0.29, 0.717) is 0 Å². The molecule has 0 atom stereocenters. The van der Waals surface area contributed by atoms with Gasteiger partial charge in [0.2, 0.25) is 0 Å². The van der Waals surface area contributed by atoms with Gasteiger partial charge in [-0.1, -0.05) is 85.6 Å². The molecule has 0 radical (unpaired) electrons. The third-order valence-corrected chi connectivity index (χ3v) is 13.0. The average molecular weight is 1560 g/mol. The second-order valence-corrected chi connectivity index (χ2v) is 21.0. The third-order valence-electron chi connectivity index (χ3n) is 13.0. The summed E-state index contributed by atoms with van der Waals surface area (Å²) < 4.78 is 147. The molecule has 0 fully saturated rings. The summed E-state index contributed by atoms with van der Waals surface area (Å²) in [5, 5.41) is 12.8. The van der Waals surface area contributed by atoms with Crippen molar-refractivity contribution in [3.63, 3.8) is 0 Å². The number of aromatic nitrogens is 6. The van der Waals surface area contributed by atoms with E-state index in [1.54, 1.807) is 0 Å². The minimum atomic E-state index is -6.00. The Morgan fingerprint density at radius 2 is 0.531 bits per heavy atom. The summed E-state index contributed by atoms with van der Waals surface area (Å²) in [4.78, 5) is 25.2. The monoisotopic (exact) mass is 1570 g/mol. The molecule has 512 valence electrons. The summed E-state index contributed by atoms with van der Waals surface area (Å²) in [7, 11) is -18.0. The first kappa shape index (κ1) is 92.1. The van der Waals surface area contributed by atoms with Crippen molar-refractivity contribution in [1.82, 2.24) is 19.9 Å². The Hall–Kier alpha value is -7.95. The predicted octanol–water partition coefficient (Wildman–Crippen LogP) is 20.6. The van der Waals surface area contributed by atoms with Crippen LogP contribution in [0.2, 0.25) is 0 Å². The first-order valence-corrected chi connectivity index (χ1v) is 29.1. The molecule has 29 heteroatoms. The molecule has 2 N–H and O–H groups in total. The number of hydrogen-bond donors (Lipinski definition) is 0. The van der Waals surface area contributed by atoms with Gasteiger partial charge in [0.1, 0.15) is 0 Å². The molecule has 0 aliphatic carbocycles. The fourth-order valence-corrected chi connectivity index (χ4v) is 9.09. The van der Waals surface area contributed by atoms with E-state index in [0.717, 1.165) is 66.4 Å². The van der Waals surface area contributed by atoms with Crippen molar-refractivity contribution in [2.45, 2.75) is 69.2 Å². The molecule has 0 aliphatic heterocycles. The van der Waals surface area contributed by atoms with Gasteiger partial charge >= 0.3 is 88.0 Å². The average Bonchev–Trinajstić information content (AvgIpc) is 1.22. The van der Waals surface area contributed by atoms with Crippen LogP contribution in [0.25, 0.3) is 87.0 Å². The van der Waals surface area contributed by atoms with Crippen molar-refractivity contribution < 1.29 is 122 Å². The molecule has 0 bridgehead atoms. The maximum atomic E-state index is 9.75. The van der Waals surface area contributed by atoms with Crippen LogP contribution in [0.3, 0.4) is 0 Å². The Bertz CT molecular complexity index is 4000. The summed E-state index contributed by atoms with van der Waals surface area (Å²) in [6.45, 7) is 38.8. The number of nitrogens with one attached hydrogen (secondary N) is 2. The van der Waals surface area contributed by atoms with Crippen molar-refractivity contribution in [2.24, 2.45) is 0 Å². The quantitative estimate of drug-likeness (QED) is 0.0369. The first-order valence-electron chi connectivity index (χ1n) is 28.0. The van der Waals surface area contributed by atoms with Gasteiger partial charge < -0.3 is 51.8 Å². The Morgan fingerprint density at radius 3 is 0.755 bits per heavy atom. The smallest absolute Gasteiger partial charge is 0 e. The molecule has 13 aromatic rings. The Kier molecular flexibility index (Phi) is 42.9. The Labute approximate surface area is 597 Å². The zero-order valence-corrected chi connectivity index (χ0v) is 59.7. The van der Waals surface area contributed by atoms with E-state index in [1.165, 1.54) is 77.0 Å². The standard InChI is InChI=1S/3C14H12N2.2C11H11.CH2Cl2.4CO.3BF4.2Mo/c3*1-9-3-5-11-7-8-12-6-4-10(2)16-14(12)13(11)15-9;2*1-8-6-7-9(2)11-5-3-4-10(8)11;2-1-3;4*1-2;3*2-1(3,4)5;;/h3*3-8H,1-2H3;2*3-7H,1-2H3;1H2;;;;;;;;;/q;;;2*-1;;;;;;3*-1;;+2/p+2. The number of pyridine rings is 6. The molecule has 0 aliphatic rings. The number of hydrogen-bond acceptors (Lipinski definition) is 4. The van der Waals surface area contributed by atoms with E-state index < -0.39 is 21.8 Å². The maximum absolute atomic E-state index is 9.75. The van der Waals surface area contributed by atoms with Gasteiger partial charge in [-0.25, -0.2) is 9.97 Å². The van der Waals surface area contributed by atoms with Crippen LogP contribution in [-0.4, -0.2) is 47.0 Å². The van der Waals surface area contributed by atoms with Gasteiger partial charge in [-0.15, -0.1) is 80.1 Å². The number of rotatable bonds is 0. The summed E-state index contributed by atoms with van der Waals surface area (Å²) in [6, 6.07) is 59.4. The van der Waals surface area contributed by atoms with E-state index in [9.17, 15) is 51.8 Å². The van der Waals surface area contributed by atoms with Crippen LogP contribution in [0.15, 0.2) is 170 Å². The van der Waals surface area contributed by atoms with Crippen LogP contribution < -0.4 is 9.97 Å². The second kappa shape index (κ2) is 45.6. The van der Waals surface area contributed by atoms with Gasteiger partial charge in [0, 0.05) is 91.4 Å². The first-order chi connectivity index (χ1) is 45.2. The molecule has 0 unspecified atom stereocenters. The molecule has 0 saturated carbocycles. The van der Waals surface area contributed by atoms with Crippen molar-refractivity contribution in [3.8, 4) is 0 Å². The molecule has 13 rings (SSSR count). The minimum absolute atomic E-state index is 0. The van der Waals surface area contributed by atoms with Gasteiger partial charge in [-0.05, 0) is 90.1 Å². The van der Waals surface area contributed by atoms with Crippen LogP contribution in [0.1, 0.15) is 56.4 Å². The second-order valence-electron chi connectivity index (χ2n) is 20.2. The van der Waals surface area contributed by atoms with E-state index in [4.69, 9.17) is 41.8 Å². The molecule has 7 aromatic carbocycles. The molecule has 6 heterocycles. The number of alkyl halides is 2. The molecule has 98 heavy (non-hydrogen) atoms. The van der Waals surface area contributed by atoms with Crippen LogP contribution in [0.5, 0.6) is 0 Å². The zero-order valence-electron chi connectivity index (χ0n) is 54.1. The number of fused-ring (bicyclic) bond motifs is 11. The van der Waals surface area contributed by atoms with Crippen molar-refractivity contribution in [1.29, 1.82) is 0 Å². The predicted molar refractivity (Wildman–Crippen MR) is 358 cm³/mol. The molecule has 10 nitrogen and oxygen atoms in total. The number of aryl methyl sites for hydroxylation is 10. The Balaban J connectivity index is 0. The van der Waals surface area contributed by atoms with E-state index in [-0.39, 0.29) is 47.5 Å². The van der Waals surface area contributed by atoms with Crippen LogP contribution >= 0.6 is 23.2 Å². The van der Waals surface area contributed by atoms with Crippen molar-refractivity contribution >= 4 is 132 Å². The summed E-state index contributed by atoms with van der Waals surface area (Å²) >= 11 is 9.53. The number of halogens is 14. The molecule has 0 spiro atoms. The van der Waals surface area contributed by atoms with E-state index in [1.807, 2.05) is 52.0 Å². The molecule has 6 aromatic heterocycles. The SMILES string of the molecule is Cc1ccc(C)c2[cH-]ccc12.Cc1ccc(C)c2[cH-]ccc12.Cc1ccc2ccc3ccc(C)[nH+]c3c2[nH+]1.Cc1ccc2ccc3ccc(C)nc3c2n1.Cc1ccc2ccc3ccc(C)nc3c2n1.ClCCl.F[B-](F)(F)F.F[B-](F)(F)F.F[B-](F)(F)F.[C-]#[O+].[C-]#[O+].[C-]#[O+].[C-]#[O+].[Mo+2].[Mo]. The van der Waals surface area contributed by atoms with Gasteiger partial charge in [-0.2, -0.15) is 24.3 Å². The van der Waals surface area contributed by atoms with Gasteiger partial charge in [0.05, 0.1) is 38.2 Å². The van der Waals surface area contributed by atoms with Crippen molar-refractivity contribution in [2.75, 3.05) is 5.34 Å². The third kappa shape index (κ3) is 32.6. The van der Waals surface area contributed by atoms with Gasteiger partial charge in [-0.3, -0.25) is 19.9 Å². The van der Waals surface area contributed by atoms with Gasteiger partial charge in [0.25, 0.3) is 11.0 Å². The maximum Gasteiger partial charge on any atom is 2.00 e. The topological polar surface area (TPSA) is 159 Å². The van der Waals surface area contributed by atoms with Crippen molar-refractivity contribution in [3.05, 3.63) is 253 Å². The van der Waals surface area contributed by atoms with E-state index >= 15 is 0 Å². The fourth-order valence-electron chi connectivity index (χ4n) is 9.09. The molecule has 0 amide bonds. The largest absolute Gasteiger partial charge is 2.00 e. The van der Waals surface area contributed by atoms with Crippen LogP contribution in [0.4, 0.5) is 51.8 Å². The van der Waals surface area contributed by atoms with Crippen LogP contribution in [0, 0.1) is 95.8 Å². The Morgan fingerprint density at radius 1 is 0.337 bits per heavy atom. The van der Waals surface area contributed by atoms with Gasteiger partial charge in [0.15, 0.2) is 11.4 Å². The fraction of sp³-hybridized carbons (Fsp3) is 0.159. The summed E-state index contributed by atoms with van der Waals surface area (Å²) in [5.41, 5.74) is 18.3. The number of nitrogens with zero attached hydrogens (tertiary/aromatic N) is 4. The summed E-state index contributed by atoms with van der Waals surface area (Å²) in [6.07, 6.45) is 0. The summed E-state index contributed by atoms with van der Waals surface area (Å²) in [5.74, 6) is 0. The molecule has 0 saturated heterocycles. The number of aromatic amines is 2. The normalized spacial score (nSPS) is 9.96. The molecular weight excluding hydrogens is 1500 g/mol. The molecular formula is C69H62B3Cl2F12Mo2N6O4-. The number of H-pyrrole nitrogens is 2. The number of benzene rings is 5. The minimum Gasteiger partial charge on any atom is 0 e.